The van der Waals surface area contributed by atoms with Crippen molar-refractivity contribution in [3.8, 4) is 5.75 Å². The summed E-state index contributed by atoms with van der Waals surface area (Å²) in [5, 5.41) is 1.11. The number of hydrogen-bond donors (Lipinski definition) is 0. The Morgan fingerprint density at radius 1 is 0.886 bits per heavy atom. The molecule has 0 saturated carbocycles. The Morgan fingerprint density at radius 2 is 1.49 bits per heavy atom. The molecule has 8 heteroatoms. The smallest absolute Gasteiger partial charge is 0.460 e. The summed E-state index contributed by atoms with van der Waals surface area (Å²) in [6, 6.07) is 11.4. The molecule has 0 spiro atoms. The van der Waals surface area contributed by atoms with Gasteiger partial charge < -0.3 is 14.2 Å². The van der Waals surface area contributed by atoms with Crippen molar-refractivity contribution in [2.24, 2.45) is 0 Å². The Bertz CT molecular complexity index is 1280. The van der Waals surface area contributed by atoms with Crippen LogP contribution in [0.2, 0.25) is 5.02 Å². The fourth-order valence-electron chi connectivity index (χ4n) is 3.62. The number of aromatic nitrogens is 1. The minimum atomic E-state index is -0.848. The number of hydrogen-bond acceptors (Lipinski definition) is 6. The van der Waals surface area contributed by atoms with E-state index in [1.807, 2.05) is 0 Å². The second-order valence-corrected chi connectivity index (χ2v) is 10.7. The third-order valence-electron chi connectivity index (χ3n) is 4.93. The van der Waals surface area contributed by atoms with Crippen molar-refractivity contribution in [3.63, 3.8) is 0 Å². The van der Waals surface area contributed by atoms with Gasteiger partial charge in [-0.05, 0) is 96.5 Å². The van der Waals surface area contributed by atoms with E-state index in [4.69, 9.17) is 25.8 Å². The molecule has 0 amide bonds. The van der Waals surface area contributed by atoms with E-state index in [9.17, 15) is 14.4 Å². The topological polar surface area (TPSA) is 83.8 Å². The van der Waals surface area contributed by atoms with Gasteiger partial charge in [0.1, 0.15) is 17.0 Å². The van der Waals surface area contributed by atoms with Crippen molar-refractivity contribution < 1.29 is 28.6 Å². The van der Waals surface area contributed by atoms with E-state index in [0.29, 0.717) is 32.7 Å². The van der Waals surface area contributed by atoms with Crippen LogP contribution in [0.15, 0.2) is 42.5 Å². The molecule has 3 aromatic rings. The van der Waals surface area contributed by atoms with Crippen molar-refractivity contribution in [2.75, 3.05) is 0 Å². The van der Waals surface area contributed by atoms with Crippen LogP contribution >= 0.6 is 11.6 Å². The van der Waals surface area contributed by atoms with Crippen molar-refractivity contribution in [2.45, 2.75) is 66.1 Å². The van der Waals surface area contributed by atoms with Crippen LogP contribution in [0.5, 0.6) is 5.75 Å². The zero-order valence-electron chi connectivity index (χ0n) is 21.0. The number of esters is 1. The highest BCUT2D eigenvalue weighted by molar-refractivity contribution is 6.30. The Labute approximate surface area is 209 Å². The monoisotopic (exact) mass is 499 g/mol. The zero-order valence-corrected chi connectivity index (χ0v) is 21.8. The Kier molecular flexibility index (Phi) is 7.31. The van der Waals surface area contributed by atoms with E-state index in [-0.39, 0.29) is 18.1 Å². The number of carbonyl (C=O) groups is 3. The summed E-state index contributed by atoms with van der Waals surface area (Å²) in [5.41, 5.74) is 0.817. The van der Waals surface area contributed by atoms with E-state index in [2.05, 4.69) is 0 Å². The summed E-state index contributed by atoms with van der Waals surface area (Å²) in [4.78, 5) is 38.3. The number of carbonyl (C=O) groups excluding carboxylic acids is 3. The molecule has 0 atom stereocenters. The Morgan fingerprint density at radius 3 is 2.06 bits per heavy atom. The summed E-state index contributed by atoms with van der Waals surface area (Å²) < 4.78 is 17.6. The Balaban J connectivity index is 2.09. The summed E-state index contributed by atoms with van der Waals surface area (Å²) in [6.45, 7) is 12.3. The first kappa shape index (κ1) is 26.3. The van der Waals surface area contributed by atoms with Gasteiger partial charge in [-0.2, -0.15) is 0 Å². The lowest BCUT2D eigenvalue weighted by Gasteiger charge is -2.19. The molecule has 0 aliphatic rings. The number of fused-ring (bicyclic) bond motifs is 1. The van der Waals surface area contributed by atoms with Crippen LogP contribution in [-0.2, 0) is 20.7 Å². The maximum atomic E-state index is 13.4. The predicted octanol–water partition coefficient (Wildman–Crippen LogP) is 6.49. The average Bonchev–Trinajstić information content (AvgIpc) is 2.96. The summed E-state index contributed by atoms with van der Waals surface area (Å²) >= 11 is 5.98. The normalized spacial score (nSPS) is 11.9. The standard InChI is InChI=1S/C27H30ClNO6/c1-16-20(15-23(30)34-26(2,3)4)21-14-19(33-25(32)35-27(5,6)7)12-13-22(21)29(16)24(31)17-8-10-18(28)11-9-17/h8-14H,15H2,1-7H3. The minimum absolute atomic E-state index is 0.0591. The number of ether oxygens (including phenoxy) is 3. The number of halogens is 1. The lowest BCUT2D eigenvalue weighted by Crippen LogP contribution is -2.26. The molecule has 186 valence electrons. The van der Waals surface area contributed by atoms with Crippen LogP contribution in [0.25, 0.3) is 10.9 Å². The molecule has 0 aliphatic carbocycles. The first-order chi connectivity index (χ1) is 16.1. The molecular weight excluding hydrogens is 470 g/mol. The average molecular weight is 500 g/mol. The third kappa shape index (κ3) is 6.63. The van der Waals surface area contributed by atoms with Gasteiger partial charge >= 0.3 is 12.1 Å². The van der Waals surface area contributed by atoms with Crippen molar-refractivity contribution in [3.05, 3.63) is 64.3 Å². The number of nitrogens with zero attached hydrogens (tertiary/aromatic N) is 1. The zero-order chi connectivity index (χ0) is 26.1. The molecule has 0 aliphatic heterocycles. The molecule has 2 aromatic carbocycles. The van der Waals surface area contributed by atoms with Crippen LogP contribution in [0.1, 0.15) is 63.2 Å². The predicted molar refractivity (Wildman–Crippen MR) is 134 cm³/mol. The fraction of sp³-hybridized carbons (Fsp3) is 0.370. The first-order valence-corrected chi connectivity index (χ1v) is 11.6. The maximum Gasteiger partial charge on any atom is 0.514 e. The van der Waals surface area contributed by atoms with Gasteiger partial charge in [0.2, 0.25) is 0 Å². The fourth-order valence-corrected chi connectivity index (χ4v) is 3.75. The van der Waals surface area contributed by atoms with Gasteiger partial charge in [0.05, 0.1) is 11.9 Å². The summed E-state index contributed by atoms with van der Waals surface area (Å²) in [7, 11) is 0. The molecular formula is C27H30ClNO6. The quantitative estimate of drug-likeness (QED) is 0.301. The van der Waals surface area contributed by atoms with Gasteiger partial charge in [-0.3, -0.25) is 14.2 Å². The third-order valence-corrected chi connectivity index (χ3v) is 5.18. The van der Waals surface area contributed by atoms with Gasteiger partial charge in [0.25, 0.3) is 5.91 Å². The number of rotatable bonds is 4. The molecule has 35 heavy (non-hydrogen) atoms. The van der Waals surface area contributed by atoms with E-state index in [1.54, 1.807) is 90.9 Å². The van der Waals surface area contributed by atoms with Gasteiger partial charge in [-0.25, -0.2) is 4.79 Å². The summed E-state index contributed by atoms with van der Waals surface area (Å²) in [5.74, 6) is -0.481. The van der Waals surface area contributed by atoms with Crippen LogP contribution in [-0.4, -0.2) is 33.8 Å². The molecule has 0 radical (unpaired) electrons. The summed E-state index contributed by atoms with van der Waals surface area (Å²) in [6.07, 6.45) is -0.907. The van der Waals surface area contributed by atoms with E-state index < -0.39 is 23.3 Å². The van der Waals surface area contributed by atoms with Crippen LogP contribution in [0.4, 0.5) is 4.79 Å². The molecule has 1 aromatic heterocycles. The molecule has 7 nitrogen and oxygen atoms in total. The lowest BCUT2D eigenvalue weighted by molar-refractivity contribution is -0.153. The van der Waals surface area contributed by atoms with Gasteiger partial charge in [-0.15, -0.1) is 0 Å². The number of benzene rings is 2. The van der Waals surface area contributed by atoms with E-state index in [1.165, 1.54) is 4.57 Å². The van der Waals surface area contributed by atoms with Crippen molar-refractivity contribution in [1.82, 2.24) is 4.57 Å². The largest absolute Gasteiger partial charge is 0.514 e. The highest BCUT2D eigenvalue weighted by Gasteiger charge is 2.25. The highest BCUT2D eigenvalue weighted by Crippen LogP contribution is 2.32. The molecule has 0 N–H and O–H groups in total. The second-order valence-electron chi connectivity index (χ2n) is 10.2. The van der Waals surface area contributed by atoms with E-state index in [0.717, 1.165) is 0 Å². The van der Waals surface area contributed by atoms with E-state index >= 15 is 0 Å². The second kappa shape index (κ2) is 9.74. The highest BCUT2D eigenvalue weighted by atomic mass is 35.5. The van der Waals surface area contributed by atoms with Gasteiger partial charge in [0.15, 0.2) is 0 Å². The molecule has 1 heterocycles. The lowest BCUT2D eigenvalue weighted by atomic mass is 10.1. The van der Waals surface area contributed by atoms with Gasteiger partial charge in [0, 0.05) is 21.7 Å². The Hall–Kier alpha value is -3.32. The molecule has 0 saturated heterocycles. The first-order valence-electron chi connectivity index (χ1n) is 11.2. The molecule has 3 rings (SSSR count). The molecule has 0 fully saturated rings. The molecule has 0 bridgehead atoms. The van der Waals surface area contributed by atoms with Crippen LogP contribution in [0.3, 0.4) is 0 Å². The molecule has 0 unspecified atom stereocenters. The minimum Gasteiger partial charge on any atom is -0.460 e. The van der Waals surface area contributed by atoms with Crippen molar-refractivity contribution in [1.29, 1.82) is 0 Å². The van der Waals surface area contributed by atoms with Crippen LogP contribution < -0.4 is 4.74 Å². The van der Waals surface area contributed by atoms with Crippen LogP contribution in [0, 0.1) is 6.92 Å². The SMILES string of the molecule is Cc1c(CC(=O)OC(C)(C)C)c2cc(OC(=O)OC(C)(C)C)ccc2n1C(=O)c1ccc(Cl)cc1. The van der Waals surface area contributed by atoms with Crippen molar-refractivity contribution >= 4 is 40.5 Å². The maximum absolute atomic E-state index is 13.4. The van der Waals surface area contributed by atoms with Gasteiger partial charge in [-0.1, -0.05) is 11.6 Å².